The summed E-state index contributed by atoms with van der Waals surface area (Å²) in [5.74, 6) is 1.15. The van der Waals surface area contributed by atoms with E-state index in [-0.39, 0.29) is 5.69 Å². The topological polar surface area (TPSA) is 77.3 Å². The normalized spacial score (nSPS) is 18.6. The molecule has 0 bridgehead atoms. The van der Waals surface area contributed by atoms with Crippen LogP contribution in [-0.2, 0) is 0 Å². The Morgan fingerprint density at radius 1 is 1.43 bits per heavy atom. The molecule has 1 aliphatic heterocycles. The molecule has 1 atom stereocenters. The molecule has 1 fully saturated rings. The second-order valence-corrected chi connectivity index (χ2v) is 5.26. The SMILES string of the molecule is O=[N+]([O-])c1ccc(OCC2CCCNC2)c2cccnc12. The molecule has 2 heterocycles. The van der Waals surface area contributed by atoms with Gasteiger partial charge in [0.15, 0.2) is 5.52 Å². The number of ether oxygens (including phenoxy) is 1. The van der Waals surface area contributed by atoms with Crippen LogP contribution in [0.25, 0.3) is 10.9 Å². The van der Waals surface area contributed by atoms with Crippen LogP contribution in [0.4, 0.5) is 5.69 Å². The lowest BCUT2D eigenvalue weighted by atomic mass is 10.0. The Kier molecular flexibility index (Phi) is 3.96. The first-order valence-electron chi connectivity index (χ1n) is 7.11. The molecule has 1 aromatic carbocycles. The number of aromatic nitrogens is 1. The van der Waals surface area contributed by atoms with Crippen LogP contribution in [0.15, 0.2) is 30.5 Å². The lowest BCUT2D eigenvalue weighted by molar-refractivity contribution is -0.383. The van der Waals surface area contributed by atoms with E-state index in [2.05, 4.69) is 10.3 Å². The van der Waals surface area contributed by atoms with Gasteiger partial charge in [-0.2, -0.15) is 0 Å². The van der Waals surface area contributed by atoms with E-state index in [4.69, 9.17) is 4.74 Å². The number of non-ortho nitro benzene ring substituents is 1. The van der Waals surface area contributed by atoms with Crippen LogP contribution in [0.5, 0.6) is 5.75 Å². The molecule has 6 nitrogen and oxygen atoms in total. The van der Waals surface area contributed by atoms with Crippen LogP contribution in [0.1, 0.15) is 12.8 Å². The van der Waals surface area contributed by atoms with E-state index < -0.39 is 4.92 Å². The molecule has 0 radical (unpaired) electrons. The van der Waals surface area contributed by atoms with Crippen molar-refractivity contribution in [1.29, 1.82) is 0 Å². The van der Waals surface area contributed by atoms with E-state index in [1.165, 1.54) is 6.07 Å². The molecular formula is C15H17N3O3. The minimum absolute atomic E-state index is 0.0114. The van der Waals surface area contributed by atoms with Crippen molar-refractivity contribution in [2.45, 2.75) is 12.8 Å². The van der Waals surface area contributed by atoms with Gasteiger partial charge in [0.2, 0.25) is 0 Å². The zero-order valence-corrected chi connectivity index (χ0v) is 11.6. The minimum Gasteiger partial charge on any atom is -0.493 e. The summed E-state index contributed by atoms with van der Waals surface area (Å²) < 4.78 is 5.89. The van der Waals surface area contributed by atoms with E-state index in [0.29, 0.717) is 29.2 Å². The van der Waals surface area contributed by atoms with Gasteiger partial charge in [0, 0.05) is 30.1 Å². The van der Waals surface area contributed by atoms with Crippen molar-refractivity contribution in [1.82, 2.24) is 10.3 Å². The molecular weight excluding hydrogens is 270 g/mol. The minimum atomic E-state index is -0.413. The molecule has 2 aromatic rings. The van der Waals surface area contributed by atoms with Crippen LogP contribution in [0, 0.1) is 16.0 Å². The fraction of sp³-hybridized carbons (Fsp3) is 0.400. The van der Waals surface area contributed by atoms with Crippen molar-refractivity contribution >= 4 is 16.6 Å². The average molecular weight is 287 g/mol. The second-order valence-electron chi connectivity index (χ2n) is 5.26. The van der Waals surface area contributed by atoms with Gasteiger partial charge < -0.3 is 10.1 Å². The summed E-state index contributed by atoms with van der Waals surface area (Å²) in [5, 5.41) is 15.1. The lowest BCUT2D eigenvalue weighted by Gasteiger charge is -2.23. The Labute approximate surface area is 122 Å². The van der Waals surface area contributed by atoms with E-state index in [1.807, 2.05) is 6.07 Å². The number of fused-ring (bicyclic) bond motifs is 1. The quantitative estimate of drug-likeness (QED) is 0.690. The summed E-state index contributed by atoms with van der Waals surface area (Å²) in [5.41, 5.74) is 0.388. The number of nitrogens with zero attached hydrogens (tertiary/aromatic N) is 2. The van der Waals surface area contributed by atoms with Crippen molar-refractivity contribution in [2.24, 2.45) is 5.92 Å². The number of nitrogens with one attached hydrogen (secondary N) is 1. The first-order chi connectivity index (χ1) is 10.3. The zero-order chi connectivity index (χ0) is 14.7. The summed E-state index contributed by atoms with van der Waals surface area (Å²) in [6.07, 6.45) is 3.87. The highest BCUT2D eigenvalue weighted by molar-refractivity contribution is 5.91. The van der Waals surface area contributed by atoms with Crippen LogP contribution in [-0.4, -0.2) is 29.6 Å². The largest absolute Gasteiger partial charge is 0.493 e. The molecule has 0 aliphatic carbocycles. The van der Waals surface area contributed by atoms with Crippen molar-refractivity contribution in [3.8, 4) is 5.75 Å². The van der Waals surface area contributed by atoms with E-state index in [0.717, 1.165) is 25.9 Å². The van der Waals surface area contributed by atoms with Crippen molar-refractivity contribution in [2.75, 3.05) is 19.7 Å². The van der Waals surface area contributed by atoms with Gasteiger partial charge in [-0.15, -0.1) is 0 Å². The number of benzene rings is 1. The third kappa shape index (κ3) is 2.95. The molecule has 110 valence electrons. The Bertz CT molecular complexity index is 654. The number of nitro benzene ring substituents is 1. The number of rotatable bonds is 4. The van der Waals surface area contributed by atoms with Gasteiger partial charge in [0.1, 0.15) is 5.75 Å². The fourth-order valence-electron chi connectivity index (χ4n) is 2.68. The summed E-state index contributed by atoms with van der Waals surface area (Å²) in [6.45, 7) is 2.65. The number of nitro groups is 1. The van der Waals surface area contributed by atoms with Gasteiger partial charge in [0.25, 0.3) is 5.69 Å². The first kappa shape index (κ1) is 13.8. The van der Waals surface area contributed by atoms with Gasteiger partial charge in [0.05, 0.1) is 11.5 Å². The molecule has 21 heavy (non-hydrogen) atoms. The van der Waals surface area contributed by atoms with Crippen molar-refractivity contribution in [3.63, 3.8) is 0 Å². The maximum absolute atomic E-state index is 11.0. The average Bonchev–Trinajstić information content (AvgIpc) is 2.53. The lowest BCUT2D eigenvalue weighted by Crippen LogP contribution is -2.33. The van der Waals surface area contributed by atoms with E-state index in [9.17, 15) is 10.1 Å². The number of hydrogen-bond donors (Lipinski definition) is 1. The molecule has 3 rings (SSSR count). The highest BCUT2D eigenvalue weighted by Gasteiger charge is 2.18. The maximum Gasteiger partial charge on any atom is 0.295 e. The molecule has 1 saturated heterocycles. The molecule has 0 amide bonds. The highest BCUT2D eigenvalue weighted by Crippen LogP contribution is 2.31. The Hall–Kier alpha value is -2.21. The van der Waals surface area contributed by atoms with Gasteiger partial charge in [-0.1, -0.05) is 0 Å². The number of piperidine rings is 1. The predicted molar refractivity (Wildman–Crippen MR) is 79.5 cm³/mol. The zero-order valence-electron chi connectivity index (χ0n) is 11.6. The smallest absolute Gasteiger partial charge is 0.295 e. The second kappa shape index (κ2) is 6.05. The predicted octanol–water partition coefficient (Wildman–Crippen LogP) is 2.52. The first-order valence-corrected chi connectivity index (χ1v) is 7.11. The van der Waals surface area contributed by atoms with Crippen molar-refractivity contribution in [3.05, 3.63) is 40.6 Å². The molecule has 1 aliphatic rings. The Balaban J connectivity index is 1.85. The summed E-state index contributed by atoms with van der Waals surface area (Å²) in [7, 11) is 0. The molecule has 0 saturated carbocycles. The van der Waals surface area contributed by atoms with E-state index >= 15 is 0 Å². The summed E-state index contributed by atoms with van der Waals surface area (Å²) in [6, 6.07) is 6.70. The van der Waals surface area contributed by atoms with Crippen LogP contribution < -0.4 is 10.1 Å². The van der Waals surface area contributed by atoms with Crippen LogP contribution in [0.2, 0.25) is 0 Å². The fourth-order valence-corrected chi connectivity index (χ4v) is 2.68. The summed E-state index contributed by atoms with van der Waals surface area (Å²) in [4.78, 5) is 14.8. The monoisotopic (exact) mass is 287 g/mol. The van der Waals surface area contributed by atoms with Crippen LogP contribution in [0.3, 0.4) is 0 Å². The van der Waals surface area contributed by atoms with Crippen LogP contribution >= 0.6 is 0 Å². The third-order valence-corrected chi connectivity index (χ3v) is 3.78. The van der Waals surface area contributed by atoms with Gasteiger partial charge in [-0.25, -0.2) is 4.98 Å². The van der Waals surface area contributed by atoms with Gasteiger partial charge >= 0.3 is 0 Å². The molecule has 1 aromatic heterocycles. The Morgan fingerprint density at radius 3 is 3.10 bits per heavy atom. The summed E-state index contributed by atoms with van der Waals surface area (Å²) >= 11 is 0. The molecule has 6 heteroatoms. The van der Waals surface area contributed by atoms with Gasteiger partial charge in [-0.3, -0.25) is 10.1 Å². The maximum atomic E-state index is 11.0. The standard InChI is InChI=1S/C15H17N3O3/c19-18(20)13-5-6-14(12-4-2-8-17-15(12)13)21-10-11-3-1-7-16-9-11/h2,4-6,8,11,16H,1,3,7,9-10H2. The number of pyridine rings is 1. The number of hydrogen-bond acceptors (Lipinski definition) is 5. The Morgan fingerprint density at radius 2 is 2.33 bits per heavy atom. The molecule has 1 N–H and O–H groups in total. The third-order valence-electron chi connectivity index (χ3n) is 3.78. The van der Waals surface area contributed by atoms with E-state index in [1.54, 1.807) is 18.3 Å². The highest BCUT2D eigenvalue weighted by atomic mass is 16.6. The van der Waals surface area contributed by atoms with Gasteiger partial charge in [-0.05, 0) is 37.6 Å². The van der Waals surface area contributed by atoms with Crippen molar-refractivity contribution < 1.29 is 9.66 Å². The molecule has 0 spiro atoms. The molecule has 1 unspecified atom stereocenters.